The van der Waals surface area contributed by atoms with Crippen molar-refractivity contribution in [3.8, 4) is 10.7 Å². The summed E-state index contributed by atoms with van der Waals surface area (Å²) in [6, 6.07) is 3.03. The Morgan fingerprint density at radius 3 is 2.65 bits per heavy atom. The van der Waals surface area contributed by atoms with Crippen LogP contribution in [0.1, 0.15) is 30.3 Å². The molecule has 2 rings (SSSR count). The van der Waals surface area contributed by atoms with Gasteiger partial charge in [0.2, 0.25) is 0 Å². The van der Waals surface area contributed by atoms with E-state index in [1.807, 2.05) is 0 Å². The molecule has 0 aromatic carbocycles. The number of nitrogens with zero attached hydrogens (tertiary/aromatic N) is 2. The highest BCUT2D eigenvalue weighted by molar-refractivity contribution is 7.15. The Labute approximate surface area is 104 Å². The molecule has 0 aliphatic rings. The van der Waals surface area contributed by atoms with Gasteiger partial charge >= 0.3 is 0 Å². The van der Waals surface area contributed by atoms with Gasteiger partial charge in [0.25, 0.3) is 0 Å². The Hall–Kier alpha value is -1.33. The van der Waals surface area contributed by atoms with Crippen LogP contribution in [0.3, 0.4) is 0 Å². The lowest BCUT2D eigenvalue weighted by Crippen LogP contribution is -1.99. The molecule has 3 nitrogen and oxygen atoms in total. The first-order valence-corrected chi connectivity index (χ1v) is 6.25. The van der Waals surface area contributed by atoms with E-state index in [0.717, 1.165) is 15.6 Å². The standard InChI is InChI=1S/C12H14FN3S/c1-7(2)11-10(5-14)17-12(16-11)9-4-3-8(13)6-15-9/h3-4,6-7H,5,14H2,1-2H3. The van der Waals surface area contributed by atoms with Crippen molar-refractivity contribution >= 4 is 11.3 Å². The lowest BCUT2D eigenvalue weighted by atomic mass is 10.1. The summed E-state index contributed by atoms with van der Waals surface area (Å²) in [4.78, 5) is 9.63. The minimum absolute atomic E-state index is 0.332. The minimum atomic E-state index is -0.339. The fourth-order valence-corrected chi connectivity index (χ4v) is 2.64. The lowest BCUT2D eigenvalue weighted by molar-refractivity contribution is 0.622. The number of hydrogen-bond donors (Lipinski definition) is 1. The maximum atomic E-state index is 12.8. The van der Waals surface area contributed by atoms with Gasteiger partial charge in [-0.1, -0.05) is 13.8 Å². The van der Waals surface area contributed by atoms with Crippen LogP contribution < -0.4 is 5.73 Å². The Kier molecular flexibility index (Phi) is 3.49. The SMILES string of the molecule is CC(C)c1nc(-c2ccc(F)cn2)sc1CN. The van der Waals surface area contributed by atoms with Crippen LogP contribution in [0.15, 0.2) is 18.3 Å². The molecule has 2 heterocycles. The number of rotatable bonds is 3. The van der Waals surface area contributed by atoms with Crippen LogP contribution in [-0.4, -0.2) is 9.97 Å². The fourth-order valence-electron chi connectivity index (χ4n) is 1.57. The third kappa shape index (κ3) is 2.50. The molecule has 90 valence electrons. The van der Waals surface area contributed by atoms with Crippen molar-refractivity contribution in [3.05, 3.63) is 34.7 Å². The molecule has 2 N–H and O–H groups in total. The van der Waals surface area contributed by atoms with E-state index in [1.54, 1.807) is 6.07 Å². The van der Waals surface area contributed by atoms with Crippen molar-refractivity contribution in [1.29, 1.82) is 0 Å². The maximum absolute atomic E-state index is 12.8. The van der Waals surface area contributed by atoms with Crippen LogP contribution in [-0.2, 0) is 6.54 Å². The van der Waals surface area contributed by atoms with Gasteiger partial charge in [0.15, 0.2) is 0 Å². The molecule has 2 aromatic heterocycles. The molecule has 0 aliphatic heterocycles. The Balaban J connectivity index is 2.42. The van der Waals surface area contributed by atoms with Gasteiger partial charge in [-0.15, -0.1) is 11.3 Å². The van der Waals surface area contributed by atoms with Crippen molar-refractivity contribution in [3.63, 3.8) is 0 Å². The number of halogens is 1. The monoisotopic (exact) mass is 251 g/mol. The van der Waals surface area contributed by atoms with E-state index in [-0.39, 0.29) is 5.82 Å². The lowest BCUT2D eigenvalue weighted by Gasteiger charge is -2.01. The normalized spacial score (nSPS) is 11.1. The van der Waals surface area contributed by atoms with Crippen molar-refractivity contribution in [2.24, 2.45) is 5.73 Å². The van der Waals surface area contributed by atoms with Gasteiger partial charge in [-0.25, -0.2) is 9.37 Å². The zero-order valence-electron chi connectivity index (χ0n) is 9.77. The molecule has 0 aliphatic carbocycles. The van der Waals surface area contributed by atoms with Crippen LogP contribution in [0.4, 0.5) is 4.39 Å². The summed E-state index contributed by atoms with van der Waals surface area (Å²) in [5.41, 5.74) is 7.40. The van der Waals surface area contributed by atoms with Crippen molar-refractivity contribution in [2.45, 2.75) is 26.3 Å². The minimum Gasteiger partial charge on any atom is -0.326 e. The second-order valence-electron chi connectivity index (χ2n) is 4.05. The Morgan fingerprint density at radius 1 is 1.41 bits per heavy atom. The van der Waals surface area contributed by atoms with Gasteiger partial charge < -0.3 is 5.73 Å². The smallest absolute Gasteiger partial charge is 0.142 e. The molecule has 0 saturated carbocycles. The summed E-state index contributed by atoms with van der Waals surface area (Å²) < 4.78 is 12.8. The first-order valence-electron chi connectivity index (χ1n) is 5.43. The molecule has 0 saturated heterocycles. The average molecular weight is 251 g/mol. The predicted octanol–water partition coefficient (Wildman–Crippen LogP) is 2.93. The summed E-state index contributed by atoms with van der Waals surface area (Å²) in [6.07, 6.45) is 1.20. The first kappa shape index (κ1) is 12.1. The second kappa shape index (κ2) is 4.89. The summed E-state index contributed by atoms with van der Waals surface area (Å²) >= 11 is 1.53. The van der Waals surface area contributed by atoms with Gasteiger partial charge in [-0.2, -0.15) is 0 Å². The number of aromatic nitrogens is 2. The van der Waals surface area contributed by atoms with Crippen LogP contribution in [0, 0.1) is 5.82 Å². The predicted molar refractivity (Wildman–Crippen MR) is 67.3 cm³/mol. The van der Waals surface area contributed by atoms with Crippen LogP contribution in [0.2, 0.25) is 0 Å². The zero-order valence-corrected chi connectivity index (χ0v) is 10.6. The van der Waals surface area contributed by atoms with E-state index < -0.39 is 0 Å². The van der Waals surface area contributed by atoms with Crippen molar-refractivity contribution in [1.82, 2.24) is 9.97 Å². The molecule has 0 radical (unpaired) electrons. The largest absolute Gasteiger partial charge is 0.326 e. The van der Waals surface area contributed by atoms with Gasteiger partial charge in [-0.3, -0.25) is 4.98 Å². The molecule has 0 fully saturated rings. The van der Waals surface area contributed by atoms with E-state index in [2.05, 4.69) is 23.8 Å². The Morgan fingerprint density at radius 2 is 2.18 bits per heavy atom. The number of thiazole rings is 1. The van der Waals surface area contributed by atoms with Crippen LogP contribution >= 0.6 is 11.3 Å². The molecule has 0 bridgehead atoms. The van der Waals surface area contributed by atoms with Crippen molar-refractivity contribution < 1.29 is 4.39 Å². The molecular formula is C12H14FN3S. The van der Waals surface area contributed by atoms with Crippen molar-refractivity contribution in [2.75, 3.05) is 0 Å². The highest BCUT2D eigenvalue weighted by Crippen LogP contribution is 2.30. The molecule has 0 spiro atoms. The molecule has 0 atom stereocenters. The first-order chi connectivity index (χ1) is 8.11. The third-order valence-corrected chi connectivity index (χ3v) is 3.52. The van der Waals surface area contributed by atoms with E-state index in [4.69, 9.17) is 5.73 Å². The van der Waals surface area contributed by atoms with E-state index in [9.17, 15) is 4.39 Å². The second-order valence-corrected chi connectivity index (χ2v) is 5.13. The number of nitrogens with two attached hydrogens (primary N) is 1. The van der Waals surface area contributed by atoms with Gasteiger partial charge in [0.05, 0.1) is 17.6 Å². The molecule has 2 aromatic rings. The van der Waals surface area contributed by atoms with E-state index in [1.165, 1.54) is 23.6 Å². The fraction of sp³-hybridized carbons (Fsp3) is 0.333. The molecule has 0 amide bonds. The molecular weight excluding hydrogens is 237 g/mol. The van der Waals surface area contributed by atoms with Crippen LogP contribution in [0.25, 0.3) is 10.7 Å². The molecule has 5 heteroatoms. The quantitative estimate of drug-likeness (QED) is 0.912. The zero-order chi connectivity index (χ0) is 12.4. The number of hydrogen-bond acceptors (Lipinski definition) is 4. The summed E-state index contributed by atoms with van der Waals surface area (Å²) in [5, 5.41) is 0.800. The van der Waals surface area contributed by atoms with Gasteiger partial charge in [0, 0.05) is 11.4 Å². The van der Waals surface area contributed by atoms with E-state index >= 15 is 0 Å². The molecule has 0 unspecified atom stereocenters. The average Bonchev–Trinajstić information content (AvgIpc) is 2.74. The number of pyridine rings is 1. The third-order valence-electron chi connectivity index (χ3n) is 2.41. The topological polar surface area (TPSA) is 51.8 Å². The van der Waals surface area contributed by atoms with E-state index in [0.29, 0.717) is 18.2 Å². The highest BCUT2D eigenvalue weighted by Gasteiger charge is 2.14. The summed E-state index contributed by atoms with van der Waals surface area (Å²) in [7, 11) is 0. The summed E-state index contributed by atoms with van der Waals surface area (Å²) in [6.45, 7) is 4.64. The van der Waals surface area contributed by atoms with Gasteiger partial charge in [0.1, 0.15) is 10.8 Å². The molecule has 17 heavy (non-hydrogen) atoms. The van der Waals surface area contributed by atoms with Gasteiger partial charge in [-0.05, 0) is 18.1 Å². The summed E-state index contributed by atoms with van der Waals surface area (Å²) in [5.74, 6) is -0.00700. The highest BCUT2D eigenvalue weighted by atomic mass is 32.1. The Bertz CT molecular complexity index is 505. The maximum Gasteiger partial charge on any atom is 0.142 e. The van der Waals surface area contributed by atoms with Crippen LogP contribution in [0.5, 0.6) is 0 Å².